The number of aromatic nitrogens is 1. The van der Waals surface area contributed by atoms with Crippen LogP contribution in [0, 0.1) is 0 Å². The number of rotatable bonds is 9. The molecule has 0 amide bonds. The molecule has 0 saturated heterocycles. The van der Waals surface area contributed by atoms with Gasteiger partial charge in [-0.3, -0.25) is 0 Å². The van der Waals surface area contributed by atoms with Crippen LogP contribution in [0.2, 0.25) is 0 Å². The third-order valence-corrected chi connectivity index (χ3v) is 8.02. The quantitative estimate of drug-likeness (QED) is 0.156. The average Bonchev–Trinajstić information content (AvgIpc) is 3.41. The predicted molar refractivity (Wildman–Crippen MR) is 188 cm³/mol. The van der Waals surface area contributed by atoms with E-state index in [1.54, 1.807) is 7.11 Å². The van der Waals surface area contributed by atoms with Crippen molar-refractivity contribution in [1.82, 2.24) is 4.57 Å². The molecule has 0 spiro atoms. The van der Waals surface area contributed by atoms with Gasteiger partial charge in [0.05, 0.1) is 40.4 Å². The van der Waals surface area contributed by atoms with Gasteiger partial charge in [0.15, 0.2) is 0 Å². The van der Waals surface area contributed by atoms with Crippen LogP contribution in [0.15, 0.2) is 168 Å². The first-order chi connectivity index (χ1) is 22.3. The van der Waals surface area contributed by atoms with Gasteiger partial charge >= 0.3 is 0 Å². The summed E-state index contributed by atoms with van der Waals surface area (Å²) in [7, 11) is 1.75. The lowest BCUT2D eigenvalue weighted by Gasteiger charge is -2.10. The van der Waals surface area contributed by atoms with Crippen LogP contribution in [0.1, 0.15) is 22.3 Å². The molecular weight excluding hydrogens is 550 g/mol. The third-order valence-electron chi connectivity index (χ3n) is 8.02. The Morgan fingerprint density at radius 1 is 0.489 bits per heavy atom. The molecule has 7 rings (SSSR count). The number of aliphatic imine (C=N–C) groups is 2. The Morgan fingerprint density at radius 2 is 0.844 bits per heavy atom. The third kappa shape index (κ3) is 5.97. The van der Waals surface area contributed by atoms with Gasteiger partial charge in [-0.1, -0.05) is 133 Å². The molecule has 1 heterocycles. The molecule has 0 aliphatic carbocycles. The van der Waals surface area contributed by atoms with Crippen LogP contribution in [0.5, 0.6) is 0 Å². The Labute approximate surface area is 263 Å². The fraction of sp³-hybridized carbons (Fsp3) is 0.0732. The minimum atomic E-state index is 0.596. The summed E-state index contributed by atoms with van der Waals surface area (Å²) in [5.74, 6) is 0. The fourth-order valence-corrected chi connectivity index (χ4v) is 5.87. The van der Waals surface area contributed by atoms with Gasteiger partial charge in [0.2, 0.25) is 0 Å². The molecular formula is C41H33N3O. The van der Waals surface area contributed by atoms with Gasteiger partial charge in [-0.25, -0.2) is 9.98 Å². The second kappa shape index (κ2) is 13.0. The second-order valence-electron chi connectivity index (χ2n) is 10.9. The molecule has 0 atom stereocenters. The molecule has 1 aromatic heterocycles. The lowest BCUT2D eigenvalue weighted by atomic mass is 10.0. The summed E-state index contributed by atoms with van der Waals surface area (Å²) in [6.07, 6.45) is 0. The lowest BCUT2D eigenvalue weighted by molar-refractivity contribution is 0.189. The molecule has 4 heteroatoms. The van der Waals surface area contributed by atoms with Crippen molar-refractivity contribution in [3.8, 4) is 0 Å². The van der Waals surface area contributed by atoms with E-state index < -0.39 is 0 Å². The van der Waals surface area contributed by atoms with E-state index >= 15 is 0 Å². The number of benzene rings is 6. The Morgan fingerprint density at radius 3 is 1.18 bits per heavy atom. The summed E-state index contributed by atoms with van der Waals surface area (Å²) in [6.45, 7) is 1.31. The Hall–Kier alpha value is -5.58. The number of hydrogen-bond donors (Lipinski definition) is 0. The zero-order chi connectivity index (χ0) is 30.4. The van der Waals surface area contributed by atoms with Crippen LogP contribution in [-0.2, 0) is 11.3 Å². The first kappa shape index (κ1) is 28.2. The van der Waals surface area contributed by atoms with E-state index in [1.165, 1.54) is 10.8 Å². The summed E-state index contributed by atoms with van der Waals surface area (Å²) in [5.41, 5.74) is 10.3. The second-order valence-corrected chi connectivity index (χ2v) is 10.9. The van der Waals surface area contributed by atoms with Gasteiger partial charge in [0, 0.05) is 46.7 Å². The summed E-state index contributed by atoms with van der Waals surface area (Å²) in [4.78, 5) is 10.4. The molecule has 6 aromatic carbocycles. The van der Waals surface area contributed by atoms with Crippen LogP contribution >= 0.6 is 0 Å². The van der Waals surface area contributed by atoms with E-state index in [9.17, 15) is 0 Å². The van der Waals surface area contributed by atoms with E-state index in [2.05, 4.69) is 138 Å². The van der Waals surface area contributed by atoms with Crippen molar-refractivity contribution in [3.05, 3.63) is 180 Å². The van der Waals surface area contributed by atoms with E-state index in [0.717, 1.165) is 56.1 Å². The first-order valence-electron chi connectivity index (χ1n) is 15.2. The van der Waals surface area contributed by atoms with Gasteiger partial charge in [-0.15, -0.1) is 0 Å². The molecule has 0 fully saturated rings. The zero-order valence-corrected chi connectivity index (χ0v) is 25.2. The highest BCUT2D eigenvalue weighted by Gasteiger charge is 2.14. The molecule has 7 aromatic rings. The number of hydrogen-bond acceptors (Lipinski definition) is 3. The normalized spacial score (nSPS) is 11.0. The summed E-state index contributed by atoms with van der Waals surface area (Å²) in [6, 6.07) is 54.5. The minimum Gasteiger partial charge on any atom is -0.383 e. The lowest BCUT2D eigenvalue weighted by Crippen LogP contribution is -2.04. The molecule has 0 aliphatic heterocycles. The van der Waals surface area contributed by atoms with Crippen molar-refractivity contribution in [2.75, 3.05) is 13.7 Å². The average molecular weight is 584 g/mol. The topological polar surface area (TPSA) is 38.9 Å². The van der Waals surface area contributed by atoms with Gasteiger partial charge in [-0.05, 0) is 24.3 Å². The van der Waals surface area contributed by atoms with E-state index in [1.807, 2.05) is 24.3 Å². The minimum absolute atomic E-state index is 0.596. The van der Waals surface area contributed by atoms with Crippen molar-refractivity contribution in [3.63, 3.8) is 0 Å². The molecule has 4 nitrogen and oxygen atoms in total. The molecule has 0 bridgehead atoms. The van der Waals surface area contributed by atoms with Crippen LogP contribution < -0.4 is 0 Å². The highest BCUT2D eigenvalue weighted by atomic mass is 16.5. The van der Waals surface area contributed by atoms with Crippen LogP contribution in [0.4, 0.5) is 11.4 Å². The van der Waals surface area contributed by atoms with E-state index in [0.29, 0.717) is 13.2 Å². The molecule has 218 valence electrons. The van der Waals surface area contributed by atoms with Gasteiger partial charge in [-0.2, -0.15) is 0 Å². The van der Waals surface area contributed by atoms with Gasteiger partial charge in [0.25, 0.3) is 0 Å². The Bertz CT molecular complexity index is 1880. The number of fused-ring (bicyclic) bond motifs is 3. The maximum atomic E-state index is 5.56. The van der Waals surface area contributed by atoms with Crippen molar-refractivity contribution >= 4 is 44.6 Å². The fourth-order valence-electron chi connectivity index (χ4n) is 5.87. The number of methoxy groups -OCH3 is 1. The highest BCUT2D eigenvalue weighted by molar-refractivity contribution is 6.16. The maximum Gasteiger partial charge on any atom is 0.0781 e. The van der Waals surface area contributed by atoms with Crippen molar-refractivity contribution in [2.45, 2.75) is 6.54 Å². The largest absolute Gasteiger partial charge is 0.383 e. The van der Waals surface area contributed by atoms with Gasteiger partial charge < -0.3 is 9.30 Å². The summed E-state index contributed by atoms with van der Waals surface area (Å²) in [5, 5.41) is 2.37. The molecule has 0 unspecified atom stereocenters. The van der Waals surface area contributed by atoms with Crippen molar-refractivity contribution in [1.29, 1.82) is 0 Å². The molecule has 0 N–H and O–H groups in total. The van der Waals surface area contributed by atoms with Crippen LogP contribution in [-0.4, -0.2) is 29.7 Å². The smallest absolute Gasteiger partial charge is 0.0781 e. The summed E-state index contributed by atoms with van der Waals surface area (Å²) < 4.78 is 7.89. The molecule has 0 saturated carbocycles. The van der Waals surface area contributed by atoms with E-state index in [-0.39, 0.29) is 0 Å². The van der Waals surface area contributed by atoms with E-state index in [4.69, 9.17) is 14.7 Å². The zero-order valence-electron chi connectivity index (χ0n) is 25.2. The first-order valence-corrected chi connectivity index (χ1v) is 15.2. The van der Waals surface area contributed by atoms with Crippen LogP contribution in [0.25, 0.3) is 21.8 Å². The van der Waals surface area contributed by atoms with Crippen LogP contribution in [0.3, 0.4) is 0 Å². The number of ether oxygens (including phenoxy) is 1. The number of nitrogens with zero attached hydrogens (tertiary/aromatic N) is 3. The SMILES string of the molecule is COCCn1c2cc(N=C(c3ccccc3)c3ccccc3)ccc2c2ccc(N=C(c3ccccc3)c3ccccc3)cc21. The Balaban J connectivity index is 1.38. The van der Waals surface area contributed by atoms with Gasteiger partial charge in [0.1, 0.15) is 0 Å². The highest BCUT2D eigenvalue weighted by Crippen LogP contribution is 2.35. The van der Waals surface area contributed by atoms with Crippen molar-refractivity contribution in [2.24, 2.45) is 9.98 Å². The van der Waals surface area contributed by atoms with Crippen molar-refractivity contribution < 1.29 is 4.74 Å². The predicted octanol–water partition coefficient (Wildman–Crippen LogP) is 9.78. The molecule has 45 heavy (non-hydrogen) atoms. The maximum absolute atomic E-state index is 5.56. The molecule has 0 radical (unpaired) electrons. The Kier molecular flexibility index (Phi) is 8.13. The molecule has 0 aliphatic rings. The standard InChI is InChI=1S/C41H33N3O/c1-45-27-26-44-38-28-34(42-40(30-14-6-2-7-15-30)31-16-8-3-9-17-31)22-24-36(38)37-25-23-35(29-39(37)44)43-41(32-18-10-4-11-19-32)33-20-12-5-13-21-33/h2-25,28-29H,26-27H2,1H3. The summed E-state index contributed by atoms with van der Waals surface area (Å²) >= 11 is 0. The monoisotopic (exact) mass is 583 g/mol.